The Kier molecular flexibility index (Phi) is 7.76. The molecule has 0 aliphatic rings. The van der Waals surface area contributed by atoms with Crippen molar-refractivity contribution in [2.24, 2.45) is 0 Å². The molecule has 0 unspecified atom stereocenters. The van der Waals surface area contributed by atoms with Crippen LogP contribution in [0.3, 0.4) is 0 Å². The van der Waals surface area contributed by atoms with Gasteiger partial charge in [-0.3, -0.25) is 0 Å². The van der Waals surface area contributed by atoms with Gasteiger partial charge in [0.15, 0.2) is 0 Å². The van der Waals surface area contributed by atoms with Gasteiger partial charge in [-0.15, -0.1) is 0 Å². The molecule has 224 valence electrons. The molecule has 8 rings (SSSR count). The minimum Gasteiger partial charge on any atom is -0.309 e. The highest BCUT2D eigenvalue weighted by Crippen LogP contribution is 2.49. The Morgan fingerprint density at radius 2 is 0.935 bits per heavy atom. The maximum Gasteiger partial charge on any atom is 0.0625 e. The molecule has 1 nitrogen and oxygen atoms in total. The number of hydrogen-bond acceptors (Lipinski definition) is 0. The Morgan fingerprint density at radius 1 is 0.391 bits per heavy atom. The Bertz CT molecular complexity index is 2340. The first-order chi connectivity index (χ1) is 22.5. The van der Waals surface area contributed by atoms with E-state index in [9.17, 15) is 0 Å². The van der Waals surface area contributed by atoms with E-state index in [0.717, 1.165) is 0 Å². The number of hydrogen-bond donors (Lipinski definition) is 0. The number of benzene rings is 7. The van der Waals surface area contributed by atoms with Gasteiger partial charge in [-0.05, 0) is 103 Å². The molecule has 0 bridgehead atoms. The molecule has 0 amide bonds. The van der Waals surface area contributed by atoms with Crippen molar-refractivity contribution in [2.75, 3.05) is 0 Å². The van der Waals surface area contributed by atoms with Crippen LogP contribution in [-0.4, -0.2) is 4.57 Å². The van der Waals surface area contributed by atoms with Gasteiger partial charge in [0, 0.05) is 21.8 Å². The molecule has 0 fully saturated rings. The van der Waals surface area contributed by atoms with Crippen LogP contribution in [0.1, 0.15) is 27.8 Å². The van der Waals surface area contributed by atoms with Crippen LogP contribution in [0.2, 0.25) is 0 Å². The lowest BCUT2D eigenvalue weighted by Crippen LogP contribution is -1.99. The van der Waals surface area contributed by atoms with Crippen molar-refractivity contribution in [3.05, 3.63) is 173 Å². The van der Waals surface area contributed by atoms with E-state index in [-0.39, 0.29) is 0 Å². The van der Waals surface area contributed by atoms with Gasteiger partial charge in [-0.2, -0.15) is 0 Å². The summed E-state index contributed by atoms with van der Waals surface area (Å²) in [6, 6.07) is 52.3. The summed E-state index contributed by atoms with van der Waals surface area (Å²) >= 11 is 0. The molecule has 1 aromatic heterocycles. The van der Waals surface area contributed by atoms with Gasteiger partial charge >= 0.3 is 0 Å². The Hall–Kier alpha value is -5.40. The lowest BCUT2D eigenvalue weighted by molar-refractivity contribution is 1.19. The minimum atomic E-state index is 1.18. The monoisotopic (exact) mass is 593 g/mol. The summed E-state index contributed by atoms with van der Waals surface area (Å²) in [5.41, 5.74) is 15.6. The zero-order valence-electron chi connectivity index (χ0n) is 27.3. The van der Waals surface area contributed by atoms with E-state index >= 15 is 0 Å². The van der Waals surface area contributed by atoms with Crippen LogP contribution >= 0.6 is 0 Å². The van der Waals surface area contributed by atoms with Crippen LogP contribution in [0, 0.1) is 34.6 Å². The Labute approximate surface area is 272 Å². The molecule has 0 radical (unpaired) electrons. The molecule has 0 atom stereocenters. The predicted molar refractivity (Wildman–Crippen MR) is 199 cm³/mol. The predicted octanol–water partition coefficient (Wildman–Crippen LogP) is 12.5. The van der Waals surface area contributed by atoms with Crippen molar-refractivity contribution in [2.45, 2.75) is 34.6 Å². The van der Waals surface area contributed by atoms with Crippen molar-refractivity contribution in [3.63, 3.8) is 0 Å². The molecule has 1 heteroatoms. The average molecular weight is 594 g/mol. The molecule has 8 aromatic rings. The summed E-state index contributed by atoms with van der Waals surface area (Å²) < 4.78 is 2.47. The molecular formula is C45H39N. The van der Waals surface area contributed by atoms with E-state index in [1.165, 1.54) is 88.3 Å². The molecule has 0 saturated carbocycles. The first-order valence-electron chi connectivity index (χ1n) is 16.1. The third kappa shape index (κ3) is 4.99. The number of aryl methyl sites for hydroxylation is 5. The fourth-order valence-electron chi connectivity index (χ4n) is 7.11. The molecule has 0 aliphatic heterocycles. The van der Waals surface area contributed by atoms with Gasteiger partial charge in [-0.1, -0.05) is 133 Å². The quantitative estimate of drug-likeness (QED) is 0.192. The fraction of sp³-hybridized carbons (Fsp3) is 0.111. The number of fused-ring (bicyclic) bond motifs is 5. The van der Waals surface area contributed by atoms with Gasteiger partial charge in [-0.25, -0.2) is 0 Å². The Balaban J connectivity index is 0.000000430. The normalized spacial score (nSPS) is 11.2. The zero-order valence-corrected chi connectivity index (χ0v) is 27.3. The number of aromatic nitrogens is 1. The number of nitrogens with zero attached hydrogens (tertiary/aromatic N) is 1. The molecule has 0 N–H and O–H groups in total. The number of para-hydroxylation sites is 2. The average Bonchev–Trinajstić information content (AvgIpc) is 3.43. The topological polar surface area (TPSA) is 4.93 Å². The van der Waals surface area contributed by atoms with E-state index < -0.39 is 0 Å². The van der Waals surface area contributed by atoms with Crippen molar-refractivity contribution in [3.8, 4) is 27.9 Å². The van der Waals surface area contributed by atoms with Crippen molar-refractivity contribution in [1.29, 1.82) is 0 Å². The van der Waals surface area contributed by atoms with Gasteiger partial charge in [0.2, 0.25) is 0 Å². The second-order valence-electron chi connectivity index (χ2n) is 12.4. The standard InChI is InChI=1S/C38H31N.C7H8/c1-24-14-8-9-17-29(24)34-25(2)22-23-26(3)35(34)36-27(4)30-18-10-11-19-31(30)38-37(36)32-20-12-13-21-33(32)39(38)28-15-6-5-7-16-28;1-7-5-3-2-4-6-7/h5-23H,1-4H3;2-6H,1H3. The van der Waals surface area contributed by atoms with Crippen LogP contribution in [0.25, 0.3) is 60.5 Å². The first kappa shape index (κ1) is 29.3. The van der Waals surface area contributed by atoms with Crippen LogP contribution in [0.15, 0.2) is 146 Å². The zero-order chi connectivity index (χ0) is 31.8. The maximum absolute atomic E-state index is 2.47. The van der Waals surface area contributed by atoms with Crippen LogP contribution in [-0.2, 0) is 0 Å². The van der Waals surface area contributed by atoms with E-state index in [1.54, 1.807) is 0 Å². The van der Waals surface area contributed by atoms with Crippen LogP contribution in [0.5, 0.6) is 0 Å². The van der Waals surface area contributed by atoms with Gasteiger partial charge in [0.05, 0.1) is 11.0 Å². The highest BCUT2D eigenvalue weighted by Gasteiger charge is 2.25. The van der Waals surface area contributed by atoms with Crippen molar-refractivity contribution >= 4 is 32.6 Å². The molecule has 46 heavy (non-hydrogen) atoms. The molecule has 0 saturated heterocycles. The minimum absolute atomic E-state index is 1.18. The second-order valence-corrected chi connectivity index (χ2v) is 12.4. The molecule has 0 aliphatic carbocycles. The summed E-state index contributed by atoms with van der Waals surface area (Å²) in [6.45, 7) is 11.2. The summed E-state index contributed by atoms with van der Waals surface area (Å²) in [6.07, 6.45) is 0. The van der Waals surface area contributed by atoms with E-state index in [1.807, 2.05) is 18.2 Å². The summed E-state index contributed by atoms with van der Waals surface area (Å²) in [7, 11) is 0. The van der Waals surface area contributed by atoms with E-state index in [4.69, 9.17) is 0 Å². The van der Waals surface area contributed by atoms with E-state index in [0.29, 0.717) is 0 Å². The highest BCUT2D eigenvalue weighted by molar-refractivity contribution is 6.26. The van der Waals surface area contributed by atoms with Gasteiger partial charge < -0.3 is 4.57 Å². The summed E-state index contributed by atoms with van der Waals surface area (Å²) in [4.78, 5) is 0. The molecule has 7 aromatic carbocycles. The number of rotatable bonds is 3. The van der Waals surface area contributed by atoms with Crippen LogP contribution < -0.4 is 0 Å². The van der Waals surface area contributed by atoms with Gasteiger partial charge in [0.25, 0.3) is 0 Å². The van der Waals surface area contributed by atoms with Crippen molar-refractivity contribution < 1.29 is 0 Å². The van der Waals surface area contributed by atoms with E-state index in [2.05, 4.69) is 167 Å². The lowest BCUT2D eigenvalue weighted by atomic mass is 9.82. The smallest absolute Gasteiger partial charge is 0.0625 e. The fourth-order valence-corrected chi connectivity index (χ4v) is 7.11. The lowest BCUT2D eigenvalue weighted by Gasteiger charge is -2.22. The van der Waals surface area contributed by atoms with Crippen molar-refractivity contribution in [1.82, 2.24) is 4.57 Å². The largest absolute Gasteiger partial charge is 0.309 e. The van der Waals surface area contributed by atoms with Crippen LogP contribution in [0.4, 0.5) is 0 Å². The maximum atomic E-state index is 2.47. The molecule has 0 spiro atoms. The third-order valence-corrected chi connectivity index (χ3v) is 9.33. The highest BCUT2D eigenvalue weighted by atomic mass is 15.0. The Morgan fingerprint density at radius 3 is 1.59 bits per heavy atom. The molecular weight excluding hydrogens is 555 g/mol. The molecule has 1 heterocycles. The third-order valence-electron chi connectivity index (χ3n) is 9.33. The second kappa shape index (κ2) is 12.2. The van der Waals surface area contributed by atoms with Gasteiger partial charge in [0.1, 0.15) is 0 Å². The first-order valence-corrected chi connectivity index (χ1v) is 16.1. The summed E-state index contributed by atoms with van der Waals surface area (Å²) in [5.74, 6) is 0. The SMILES string of the molecule is Cc1ccccc1.Cc1ccccc1-c1c(C)ccc(C)c1-c1c(C)c2ccccc2c2c1c1ccccc1n2-c1ccccc1. The summed E-state index contributed by atoms with van der Waals surface area (Å²) in [5, 5.41) is 5.21.